The highest BCUT2D eigenvalue weighted by molar-refractivity contribution is 9.10. The summed E-state index contributed by atoms with van der Waals surface area (Å²) in [6.45, 7) is 7.64. The number of amides is 2. The molecule has 4 nitrogen and oxygen atoms in total. The molecule has 2 N–H and O–H groups in total. The van der Waals surface area contributed by atoms with Crippen LogP contribution in [0.3, 0.4) is 0 Å². The van der Waals surface area contributed by atoms with E-state index in [1.165, 1.54) is 5.56 Å². The van der Waals surface area contributed by atoms with Gasteiger partial charge in [0.15, 0.2) is 0 Å². The number of urea groups is 1. The minimum Gasteiger partial charge on any atom is -0.492 e. The number of nitrogens with one attached hydrogen (secondary N) is 2. The van der Waals surface area contributed by atoms with E-state index in [1.807, 2.05) is 36.4 Å². The Kier molecular flexibility index (Phi) is 6.88. The van der Waals surface area contributed by atoms with Gasteiger partial charge in [-0.25, -0.2) is 4.79 Å². The van der Waals surface area contributed by atoms with Crippen LogP contribution < -0.4 is 15.4 Å². The molecule has 0 fully saturated rings. The van der Waals surface area contributed by atoms with Crippen molar-refractivity contribution in [2.45, 2.75) is 32.6 Å². The summed E-state index contributed by atoms with van der Waals surface area (Å²) in [5.74, 6) is 0.821. The van der Waals surface area contributed by atoms with Crippen LogP contribution in [0.2, 0.25) is 0 Å². The highest BCUT2D eigenvalue weighted by Crippen LogP contribution is 2.31. The van der Waals surface area contributed by atoms with Crippen LogP contribution in [-0.4, -0.2) is 19.2 Å². The zero-order valence-corrected chi connectivity index (χ0v) is 16.5. The molecule has 0 radical (unpaired) electrons. The van der Waals surface area contributed by atoms with Gasteiger partial charge >= 0.3 is 6.03 Å². The SMILES string of the molecule is CC(C)(C)c1ccc(OCCCNC(=O)Nc2ccccc2)c(Br)c1. The predicted molar refractivity (Wildman–Crippen MR) is 106 cm³/mol. The van der Waals surface area contributed by atoms with E-state index in [0.717, 1.165) is 22.3 Å². The molecule has 0 aliphatic carbocycles. The quantitative estimate of drug-likeness (QED) is 0.638. The van der Waals surface area contributed by atoms with Crippen LogP contribution in [0.15, 0.2) is 53.0 Å². The standard InChI is InChI=1S/C20H25BrN2O2/c1-20(2,3)15-10-11-18(17(21)14-15)25-13-7-12-22-19(24)23-16-8-5-4-6-9-16/h4-6,8-11,14H,7,12-13H2,1-3H3,(H2,22,23,24). The number of hydrogen-bond donors (Lipinski definition) is 2. The first-order chi connectivity index (χ1) is 11.9. The number of anilines is 1. The van der Waals surface area contributed by atoms with Gasteiger partial charge in [0.05, 0.1) is 11.1 Å². The molecule has 0 aliphatic heterocycles. The summed E-state index contributed by atoms with van der Waals surface area (Å²) < 4.78 is 6.74. The van der Waals surface area contributed by atoms with Crippen LogP contribution in [0.4, 0.5) is 10.5 Å². The highest BCUT2D eigenvalue weighted by atomic mass is 79.9. The molecule has 0 unspecified atom stereocenters. The van der Waals surface area contributed by atoms with E-state index in [0.29, 0.717) is 13.2 Å². The summed E-state index contributed by atoms with van der Waals surface area (Å²) in [6.07, 6.45) is 0.732. The Morgan fingerprint density at radius 2 is 1.84 bits per heavy atom. The molecule has 25 heavy (non-hydrogen) atoms. The molecule has 0 bridgehead atoms. The fraction of sp³-hybridized carbons (Fsp3) is 0.350. The topological polar surface area (TPSA) is 50.4 Å². The third-order valence-electron chi connectivity index (χ3n) is 3.69. The lowest BCUT2D eigenvalue weighted by molar-refractivity contribution is 0.250. The van der Waals surface area contributed by atoms with Gasteiger partial charge in [0.2, 0.25) is 0 Å². The molecular weight excluding hydrogens is 380 g/mol. The first kappa shape index (κ1) is 19.3. The molecule has 0 aliphatic rings. The second-order valence-corrected chi connectivity index (χ2v) is 7.70. The number of ether oxygens (including phenoxy) is 1. The zero-order valence-electron chi connectivity index (χ0n) is 14.9. The number of rotatable bonds is 6. The van der Waals surface area contributed by atoms with E-state index in [9.17, 15) is 4.79 Å². The monoisotopic (exact) mass is 404 g/mol. The number of hydrogen-bond acceptors (Lipinski definition) is 2. The summed E-state index contributed by atoms with van der Waals surface area (Å²) >= 11 is 3.56. The van der Waals surface area contributed by atoms with E-state index in [4.69, 9.17) is 4.74 Å². The Hall–Kier alpha value is -2.01. The lowest BCUT2D eigenvalue weighted by Gasteiger charge is -2.20. The van der Waals surface area contributed by atoms with Crippen molar-refractivity contribution in [3.63, 3.8) is 0 Å². The molecule has 0 saturated heterocycles. The third kappa shape index (κ3) is 6.42. The molecule has 0 heterocycles. The van der Waals surface area contributed by atoms with Crippen molar-refractivity contribution in [2.75, 3.05) is 18.5 Å². The van der Waals surface area contributed by atoms with Crippen molar-refractivity contribution in [1.82, 2.24) is 5.32 Å². The Labute approximate surface area is 158 Å². The number of benzene rings is 2. The highest BCUT2D eigenvalue weighted by Gasteiger charge is 2.15. The van der Waals surface area contributed by atoms with E-state index in [-0.39, 0.29) is 11.4 Å². The van der Waals surface area contributed by atoms with E-state index < -0.39 is 0 Å². The van der Waals surface area contributed by atoms with Gasteiger partial charge in [-0.1, -0.05) is 45.0 Å². The largest absolute Gasteiger partial charge is 0.492 e. The molecule has 0 atom stereocenters. The Morgan fingerprint density at radius 1 is 1.12 bits per heavy atom. The number of carbonyl (C=O) groups is 1. The average Bonchev–Trinajstić information content (AvgIpc) is 2.55. The van der Waals surface area contributed by atoms with Crippen molar-refractivity contribution in [1.29, 1.82) is 0 Å². The minimum atomic E-state index is -0.207. The van der Waals surface area contributed by atoms with Crippen molar-refractivity contribution in [3.8, 4) is 5.75 Å². The van der Waals surface area contributed by atoms with Crippen LogP contribution in [0.1, 0.15) is 32.8 Å². The van der Waals surface area contributed by atoms with Gasteiger partial charge in [-0.3, -0.25) is 0 Å². The molecule has 0 aromatic heterocycles. The molecule has 2 amide bonds. The fourth-order valence-electron chi connectivity index (χ4n) is 2.24. The average molecular weight is 405 g/mol. The van der Waals surface area contributed by atoms with Gasteiger partial charge in [0.25, 0.3) is 0 Å². The maximum Gasteiger partial charge on any atom is 0.319 e. The minimum absolute atomic E-state index is 0.108. The van der Waals surface area contributed by atoms with Gasteiger partial charge in [0, 0.05) is 12.2 Å². The lowest BCUT2D eigenvalue weighted by Crippen LogP contribution is -2.30. The third-order valence-corrected chi connectivity index (χ3v) is 4.31. The summed E-state index contributed by atoms with van der Waals surface area (Å²) in [4.78, 5) is 11.8. The summed E-state index contributed by atoms with van der Waals surface area (Å²) in [5.41, 5.74) is 2.14. The second kappa shape index (κ2) is 8.90. The molecular formula is C20H25BrN2O2. The summed E-state index contributed by atoms with van der Waals surface area (Å²) in [6, 6.07) is 15.3. The van der Waals surface area contributed by atoms with Gasteiger partial charge in [-0.2, -0.15) is 0 Å². The Bertz CT molecular complexity index is 697. The summed E-state index contributed by atoms with van der Waals surface area (Å²) in [7, 11) is 0. The predicted octanol–water partition coefficient (Wildman–Crippen LogP) is 5.34. The van der Waals surface area contributed by atoms with Crippen molar-refractivity contribution >= 4 is 27.6 Å². The maximum atomic E-state index is 11.8. The van der Waals surface area contributed by atoms with Crippen molar-refractivity contribution in [2.24, 2.45) is 0 Å². The van der Waals surface area contributed by atoms with Gasteiger partial charge in [-0.05, 0) is 57.6 Å². The van der Waals surface area contributed by atoms with Crippen LogP contribution >= 0.6 is 15.9 Å². The molecule has 0 saturated carbocycles. The Morgan fingerprint density at radius 3 is 2.48 bits per heavy atom. The second-order valence-electron chi connectivity index (χ2n) is 6.84. The first-order valence-electron chi connectivity index (χ1n) is 8.39. The van der Waals surface area contributed by atoms with Gasteiger partial charge in [0.1, 0.15) is 5.75 Å². The normalized spacial score (nSPS) is 11.0. The van der Waals surface area contributed by atoms with Crippen LogP contribution in [0, 0.1) is 0 Å². The van der Waals surface area contributed by atoms with Crippen LogP contribution in [0.25, 0.3) is 0 Å². The fourth-order valence-corrected chi connectivity index (χ4v) is 2.73. The molecule has 2 rings (SSSR count). The molecule has 2 aromatic carbocycles. The molecule has 134 valence electrons. The summed E-state index contributed by atoms with van der Waals surface area (Å²) in [5, 5.41) is 5.60. The van der Waals surface area contributed by atoms with Crippen LogP contribution in [-0.2, 0) is 5.41 Å². The van der Waals surface area contributed by atoms with E-state index in [1.54, 1.807) is 0 Å². The van der Waals surface area contributed by atoms with Crippen molar-refractivity contribution < 1.29 is 9.53 Å². The van der Waals surface area contributed by atoms with Crippen molar-refractivity contribution in [3.05, 3.63) is 58.6 Å². The smallest absolute Gasteiger partial charge is 0.319 e. The number of halogens is 1. The van der Waals surface area contributed by atoms with Gasteiger partial charge in [-0.15, -0.1) is 0 Å². The van der Waals surface area contributed by atoms with E-state index >= 15 is 0 Å². The molecule has 5 heteroatoms. The maximum absolute atomic E-state index is 11.8. The molecule has 0 spiro atoms. The zero-order chi connectivity index (χ0) is 18.3. The van der Waals surface area contributed by atoms with E-state index in [2.05, 4.69) is 59.5 Å². The first-order valence-corrected chi connectivity index (χ1v) is 9.18. The lowest BCUT2D eigenvalue weighted by atomic mass is 9.87. The number of para-hydroxylation sites is 1. The van der Waals surface area contributed by atoms with Gasteiger partial charge < -0.3 is 15.4 Å². The number of carbonyl (C=O) groups excluding carboxylic acids is 1. The molecule has 2 aromatic rings. The van der Waals surface area contributed by atoms with Crippen LogP contribution in [0.5, 0.6) is 5.75 Å². The Balaban J connectivity index is 1.70.